The average molecular weight is 221 g/mol. The van der Waals surface area contributed by atoms with Crippen LogP contribution in [0.2, 0.25) is 0 Å². The molecule has 0 aliphatic rings. The first kappa shape index (κ1) is 12.7. The molecule has 0 aromatic heterocycles. The van der Waals surface area contributed by atoms with Crippen molar-refractivity contribution in [3.8, 4) is 0 Å². The molecule has 0 saturated carbocycles. The number of carbonyl (C=O) groups is 1. The molecule has 0 fully saturated rings. The number of esters is 1. The van der Waals surface area contributed by atoms with Crippen LogP contribution >= 0.6 is 0 Å². The Kier molecular flexibility index (Phi) is 4.99. The van der Waals surface area contributed by atoms with Gasteiger partial charge in [0, 0.05) is 6.54 Å². The highest BCUT2D eigenvalue weighted by atomic mass is 16.5. The number of nitrogens with zero attached hydrogens (tertiary/aromatic N) is 1. The van der Waals surface area contributed by atoms with E-state index in [0.29, 0.717) is 6.54 Å². The largest absolute Gasteiger partial charge is 0.469 e. The number of carbonyl (C=O) groups excluding carboxylic acids is 1. The molecule has 0 heterocycles. The number of likely N-dealkylation sites (N-methyl/N-ethyl adjacent to an activating group) is 1. The fourth-order valence-corrected chi connectivity index (χ4v) is 1.58. The summed E-state index contributed by atoms with van der Waals surface area (Å²) in [5.74, 6) is -0.373. The summed E-state index contributed by atoms with van der Waals surface area (Å²) in [6.07, 6.45) is 0. The van der Waals surface area contributed by atoms with Gasteiger partial charge >= 0.3 is 5.97 Å². The third-order valence-corrected chi connectivity index (χ3v) is 2.72. The van der Waals surface area contributed by atoms with Gasteiger partial charge < -0.3 is 9.64 Å². The molecule has 0 aliphatic carbocycles. The highest BCUT2D eigenvalue weighted by Gasteiger charge is 2.22. The first-order valence-corrected chi connectivity index (χ1v) is 5.50. The molecule has 0 bridgehead atoms. The Bertz CT molecular complexity index is 324. The van der Waals surface area contributed by atoms with Gasteiger partial charge in [0.05, 0.1) is 13.0 Å². The Balaban J connectivity index is 2.84. The van der Waals surface area contributed by atoms with Gasteiger partial charge in [0.2, 0.25) is 0 Å². The summed E-state index contributed by atoms with van der Waals surface area (Å²) < 4.78 is 4.85. The van der Waals surface area contributed by atoms with Crippen molar-refractivity contribution < 1.29 is 9.53 Å². The first-order chi connectivity index (χ1) is 7.69. The van der Waals surface area contributed by atoms with Crippen molar-refractivity contribution in [1.29, 1.82) is 0 Å². The molecule has 1 unspecified atom stereocenters. The van der Waals surface area contributed by atoms with E-state index in [2.05, 4.69) is 11.8 Å². The van der Waals surface area contributed by atoms with Crippen LogP contribution in [0.1, 0.15) is 18.4 Å². The fourth-order valence-electron chi connectivity index (χ4n) is 1.58. The maximum Gasteiger partial charge on any atom is 0.314 e. The topological polar surface area (TPSA) is 29.5 Å². The molecule has 0 saturated heterocycles. The van der Waals surface area contributed by atoms with E-state index in [9.17, 15) is 4.79 Å². The minimum absolute atomic E-state index is 0.175. The molecule has 3 nitrogen and oxygen atoms in total. The molecule has 88 valence electrons. The first-order valence-electron chi connectivity index (χ1n) is 5.50. The summed E-state index contributed by atoms with van der Waals surface area (Å²) in [6.45, 7) is 3.67. The minimum atomic E-state index is -0.198. The lowest BCUT2D eigenvalue weighted by molar-refractivity contribution is -0.142. The molecule has 1 aromatic rings. The molecule has 1 rings (SSSR count). The van der Waals surface area contributed by atoms with Crippen molar-refractivity contribution in [1.82, 2.24) is 4.90 Å². The molecule has 3 heteroatoms. The minimum Gasteiger partial charge on any atom is -0.469 e. The van der Waals surface area contributed by atoms with Gasteiger partial charge in [-0.1, -0.05) is 37.3 Å². The molecular weight excluding hydrogens is 202 g/mol. The summed E-state index contributed by atoms with van der Waals surface area (Å²) >= 11 is 0. The second-order valence-electron chi connectivity index (χ2n) is 3.84. The van der Waals surface area contributed by atoms with Crippen molar-refractivity contribution in [2.45, 2.75) is 12.8 Å². The Morgan fingerprint density at radius 2 is 2.00 bits per heavy atom. The van der Waals surface area contributed by atoms with Crippen molar-refractivity contribution in [3.05, 3.63) is 35.9 Å². The molecular formula is C13H19NO2. The molecule has 0 spiro atoms. The van der Waals surface area contributed by atoms with Crippen LogP contribution in [0.3, 0.4) is 0 Å². The van der Waals surface area contributed by atoms with Gasteiger partial charge in [-0.3, -0.25) is 4.79 Å². The van der Waals surface area contributed by atoms with Crippen LogP contribution in [0, 0.1) is 0 Å². The number of methoxy groups -OCH3 is 1. The monoisotopic (exact) mass is 221 g/mol. The highest BCUT2D eigenvalue weighted by Crippen LogP contribution is 2.18. The van der Waals surface area contributed by atoms with Crippen molar-refractivity contribution >= 4 is 5.97 Å². The third-order valence-electron chi connectivity index (χ3n) is 2.72. The molecule has 0 radical (unpaired) electrons. The van der Waals surface area contributed by atoms with E-state index in [4.69, 9.17) is 4.74 Å². The van der Waals surface area contributed by atoms with Crippen molar-refractivity contribution in [3.63, 3.8) is 0 Å². The van der Waals surface area contributed by atoms with E-state index >= 15 is 0 Å². The zero-order valence-electron chi connectivity index (χ0n) is 10.1. The van der Waals surface area contributed by atoms with Gasteiger partial charge in [0.25, 0.3) is 0 Å². The molecule has 0 aliphatic heterocycles. The summed E-state index contributed by atoms with van der Waals surface area (Å²) in [6, 6.07) is 9.76. The van der Waals surface area contributed by atoms with E-state index in [0.717, 1.165) is 12.1 Å². The van der Waals surface area contributed by atoms with E-state index in [1.807, 2.05) is 37.4 Å². The van der Waals surface area contributed by atoms with Crippen molar-refractivity contribution in [2.75, 3.05) is 27.2 Å². The van der Waals surface area contributed by atoms with Gasteiger partial charge in [-0.25, -0.2) is 0 Å². The number of hydrogen-bond donors (Lipinski definition) is 0. The van der Waals surface area contributed by atoms with Gasteiger partial charge in [0.1, 0.15) is 0 Å². The van der Waals surface area contributed by atoms with Gasteiger partial charge in [-0.15, -0.1) is 0 Å². The Morgan fingerprint density at radius 1 is 1.38 bits per heavy atom. The number of ether oxygens (including phenoxy) is 1. The maximum absolute atomic E-state index is 11.7. The Hall–Kier alpha value is -1.35. The van der Waals surface area contributed by atoms with Crippen LogP contribution in [-0.4, -0.2) is 38.1 Å². The zero-order valence-corrected chi connectivity index (χ0v) is 10.1. The van der Waals surface area contributed by atoms with Gasteiger partial charge in [0.15, 0.2) is 0 Å². The van der Waals surface area contributed by atoms with E-state index in [1.165, 1.54) is 7.11 Å². The number of rotatable bonds is 5. The van der Waals surface area contributed by atoms with Crippen LogP contribution in [-0.2, 0) is 9.53 Å². The predicted molar refractivity (Wildman–Crippen MR) is 64.4 cm³/mol. The smallest absolute Gasteiger partial charge is 0.314 e. The van der Waals surface area contributed by atoms with E-state index in [-0.39, 0.29) is 11.9 Å². The van der Waals surface area contributed by atoms with Crippen molar-refractivity contribution in [2.24, 2.45) is 0 Å². The molecule has 1 aromatic carbocycles. The fraction of sp³-hybridized carbons (Fsp3) is 0.462. The average Bonchev–Trinajstić information content (AvgIpc) is 2.35. The van der Waals surface area contributed by atoms with E-state index < -0.39 is 0 Å². The van der Waals surface area contributed by atoms with Gasteiger partial charge in [-0.2, -0.15) is 0 Å². The van der Waals surface area contributed by atoms with Crippen LogP contribution in [0.4, 0.5) is 0 Å². The summed E-state index contributed by atoms with van der Waals surface area (Å²) in [5.41, 5.74) is 1.01. The van der Waals surface area contributed by atoms with Crippen LogP contribution in [0.5, 0.6) is 0 Å². The third kappa shape index (κ3) is 3.35. The standard InChI is InChI=1S/C13H19NO2/c1-4-14(2)10-12(13(15)16-3)11-8-6-5-7-9-11/h5-9,12H,4,10H2,1-3H3. The second kappa shape index (κ2) is 6.28. The Labute approximate surface area is 97.0 Å². The Morgan fingerprint density at radius 3 is 2.50 bits per heavy atom. The number of benzene rings is 1. The van der Waals surface area contributed by atoms with E-state index in [1.54, 1.807) is 0 Å². The quantitative estimate of drug-likeness (QED) is 0.711. The molecule has 0 amide bonds. The lowest BCUT2D eigenvalue weighted by Crippen LogP contribution is -2.29. The summed E-state index contributed by atoms with van der Waals surface area (Å²) in [7, 11) is 3.43. The van der Waals surface area contributed by atoms with Gasteiger partial charge in [-0.05, 0) is 19.2 Å². The maximum atomic E-state index is 11.7. The summed E-state index contributed by atoms with van der Waals surface area (Å²) in [4.78, 5) is 13.8. The molecule has 1 atom stereocenters. The SMILES string of the molecule is CCN(C)CC(C(=O)OC)c1ccccc1. The molecule has 0 N–H and O–H groups in total. The molecule has 16 heavy (non-hydrogen) atoms. The highest BCUT2D eigenvalue weighted by molar-refractivity contribution is 5.78. The lowest BCUT2D eigenvalue weighted by atomic mass is 9.99. The van der Waals surface area contributed by atoms with Crippen LogP contribution in [0.15, 0.2) is 30.3 Å². The summed E-state index contributed by atoms with van der Waals surface area (Å²) in [5, 5.41) is 0. The lowest BCUT2D eigenvalue weighted by Gasteiger charge is -2.21. The number of hydrogen-bond acceptors (Lipinski definition) is 3. The second-order valence-corrected chi connectivity index (χ2v) is 3.84. The predicted octanol–water partition coefficient (Wildman–Crippen LogP) is 1.89. The van der Waals surface area contributed by atoms with Crippen LogP contribution in [0.25, 0.3) is 0 Å². The normalized spacial score (nSPS) is 12.5. The van der Waals surface area contributed by atoms with Crippen LogP contribution < -0.4 is 0 Å². The zero-order chi connectivity index (χ0) is 12.0.